The molecule has 1 aliphatic rings. The molecule has 1 aliphatic carbocycles. The maximum absolute atomic E-state index is 12.3. The summed E-state index contributed by atoms with van der Waals surface area (Å²) in [6.07, 6.45) is 7.04. The molecule has 0 radical (unpaired) electrons. The van der Waals surface area contributed by atoms with Crippen molar-refractivity contribution in [3.8, 4) is 0 Å². The molecule has 0 saturated heterocycles. The van der Waals surface area contributed by atoms with E-state index in [-0.39, 0.29) is 11.9 Å². The third kappa shape index (κ3) is 4.54. The number of carbonyl (C=O) groups is 1. The average Bonchev–Trinajstić information content (AvgIpc) is 2.84. The number of carbonyl (C=O) groups excluding carboxylic acids is 1. The van der Waals surface area contributed by atoms with Gasteiger partial charge < -0.3 is 10.6 Å². The Balaban J connectivity index is 1.60. The molecular weight excluding hydrogens is 300 g/mol. The summed E-state index contributed by atoms with van der Waals surface area (Å²) in [6, 6.07) is 11.8. The summed E-state index contributed by atoms with van der Waals surface area (Å²) in [5.41, 5.74) is 2.50. The van der Waals surface area contributed by atoms with Crippen LogP contribution in [0.3, 0.4) is 0 Å². The van der Waals surface area contributed by atoms with Gasteiger partial charge in [0.15, 0.2) is 11.5 Å². The standard InChI is InChI=1S/C19H24N4O/c1-14-7-6-10-16(13-14)20-18-12-11-17(22-23-18)19(24)21-15-8-4-2-3-5-9-15/h6-7,10-13,15H,2-5,8-9H2,1H3,(H,20,23)(H,21,24). The zero-order valence-corrected chi connectivity index (χ0v) is 14.1. The van der Waals surface area contributed by atoms with Crippen molar-refractivity contribution in [2.75, 3.05) is 5.32 Å². The lowest BCUT2D eigenvalue weighted by molar-refractivity contribution is 0.0927. The summed E-state index contributed by atoms with van der Waals surface area (Å²) in [6.45, 7) is 2.04. The Kier molecular flexibility index (Phi) is 5.41. The van der Waals surface area contributed by atoms with Crippen LogP contribution >= 0.6 is 0 Å². The minimum atomic E-state index is -0.128. The first kappa shape index (κ1) is 16.4. The van der Waals surface area contributed by atoms with E-state index in [4.69, 9.17) is 0 Å². The van der Waals surface area contributed by atoms with Gasteiger partial charge in [0, 0.05) is 11.7 Å². The van der Waals surface area contributed by atoms with Crippen LogP contribution in [0.2, 0.25) is 0 Å². The molecule has 0 bridgehead atoms. The summed E-state index contributed by atoms with van der Waals surface area (Å²) < 4.78 is 0. The van der Waals surface area contributed by atoms with Crippen molar-refractivity contribution in [1.29, 1.82) is 0 Å². The maximum atomic E-state index is 12.3. The second-order valence-corrected chi connectivity index (χ2v) is 6.46. The predicted molar refractivity (Wildman–Crippen MR) is 95.4 cm³/mol. The maximum Gasteiger partial charge on any atom is 0.272 e. The van der Waals surface area contributed by atoms with Crippen molar-refractivity contribution >= 4 is 17.4 Å². The SMILES string of the molecule is Cc1cccc(Nc2ccc(C(=O)NC3CCCCCC3)nn2)c1. The second kappa shape index (κ2) is 7.90. The van der Waals surface area contributed by atoms with Crippen LogP contribution in [-0.4, -0.2) is 22.1 Å². The molecule has 5 heteroatoms. The van der Waals surface area contributed by atoms with Gasteiger partial charge in [0.1, 0.15) is 0 Å². The third-order valence-corrected chi connectivity index (χ3v) is 4.38. The molecule has 5 nitrogen and oxygen atoms in total. The van der Waals surface area contributed by atoms with Crippen LogP contribution in [0.1, 0.15) is 54.6 Å². The highest BCUT2D eigenvalue weighted by Gasteiger charge is 2.16. The second-order valence-electron chi connectivity index (χ2n) is 6.46. The molecule has 1 aromatic heterocycles. The first-order valence-corrected chi connectivity index (χ1v) is 8.69. The summed E-state index contributed by atoms with van der Waals surface area (Å²) in [5, 5.41) is 14.5. The minimum absolute atomic E-state index is 0.128. The number of anilines is 2. The first-order valence-electron chi connectivity index (χ1n) is 8.69. The Morgan fingerprint density at radius 3 is 2.50 bits per heavy atom. The molecule has 1 amide bonds. The molecule has 0 unspecified atom stereocenters. The third-order valence-electron chi connectivity index (χ3n) is 4.38. The van der Waals surface area contributed by atoms with Crippen molar-refractivity contribution in [3.63, 3.8) is 0 Å². The fourth-order valence-electron chi connectivity index (χ4n) is 3.07. The largest absolute Gasteiger partial charge is 0.348 e. The molecular formula is C19H24N4O. The van der Waals surface area contributed by atoms with Gasteiger partial charge in [0.2, 0.25) is 0 Å². The van der Waals surface area contributed by atoms with Gasteiger partial charge in [-0.25, -0.2) is 0 Å². The van der Waals surface area contributed by atoms with E-state index in [1.165, 1.54) is 31.2 Å². The Hall–Kier alpha value is -2.43. The van der Waals surface area contributed by atoms with Crippen molar-refractivity contribution in [1.82, 2.24) is 15.5 Å². The number of hydrogen-bond donors (Lipinski definition) is 2. The molecule has 0 spiro atoms. The van der Waals surface area contributed by atoms with Gasteiger partial charge in [-0.3, -0.25) is 4.79 Å². The molecule has 1 aromatic carbocycles. The van der Waals surface area contributed by atoms with Gasteiger partial charge in [0.05, 0.1) is 0 Å². The van der Waals surface area contributed by atoms with Crippen LogP contribution in [0.25, 0.3) is 0 Å². The van der Waals surface area contributed by atoms with Crippen molar-refractivity contribution in [2.24, 2.45) is 0 Å². The van der Waals surface area contributed by atoms with E-state index in [9.17, 15) is 4.79 Å². The van der Waals surface area contributed by atoms with Gasteiger partial charge in [0.25, 0.3) is 5.91 Å². The van der Waals surface area contributed by atoms with Gasteiger partial charge >= 0.3 is 0 Å². The summed E-state index contributed by atoms with van der Waals surface area (Å²) in [5.74, 6) is 0.503. The smallest absolute Gasteiger partial charge is 0.272 e. The van der Waals surface area contributed by atoms with E-state index < -0.39 is 0 Å². The van der Waals surface area contributed by atoms with Crippen molar-refractivity contribution in [3.05, 3.63) is 47.7 Å². The Morgan fingerprint density at radius 2 is 1.83 bits per heavy atom. The van der Waals surface area contributed by atoms with Crippen LogP contribution in [0.15, 0.2) is 36.4 Å². The van der Waals surface area contributed by atoms with Crippen LogP contribution in [0.5, 0.6) is 0 Å². The van der Waals surface area contributed by atoms with E-state index >= 15 is 0 Å². The summed E-state index contributed by atoms with van der Waals surface area (Å²) in [7, 11) is 0. The predicted octanol–water partition coefficient (Wildman–Crippen LogP) is 3.98. The van der Waals surface area contributed by atoms with E-state index in [1.54, 1.807) is 12.1 Å². The summed E-state index contributed by atoms with van der Waals surface area (Å²) in [4.78, 5) is 12.3. The van der Waals surface area contributed by atoms with Crippen molar-refractivity contribution < 1.29 is 4.79 Å². The van der Waals surface area contributed by atoms with E-state index in [1.807, 2.05) is 31.2 Å². The fraction of sp³-hybridized carbons (Fsp3) is 0.421. The summed E-state index contributed by atoms with van der Waals surface area (Å²) >= 11 is 0. The zero-order valence-electron chi connectivity index (χ0n) is 14.1. The molecule has 3 rings (SSSR count). The number of aromatic nitrogens is 2. The molecule has 126 valence electrons. The van der Waals surface area contributed by atoms with Crippen LogP contribution in [-0.2, 0) is 0 Å². The lowest BCUT2D eigenvalue weighted by Crippen LogP contribution is -2.35. The van der Waals surface area contributed by atoms with Crippen LogP contribution in [0, 0.1) is 6.92 Å². The number of rotatable bonds is 4. The molecule has 1 saturated carbocycles. The highest BCUT2D eigenvalue weighted by Crippen LogP contribution is 2.18. The number of nitrogens with zero attached hydrogens (tertiary/aromatic N) is 2. The van der Waals surface area contributed by atoms with Gasteiger partial charge in [-0.05, 0) is 49.6 Å². The van der Waals surface area contributed by atoms with Crippen LogP contribution < -0.4 is 10.6 Å². The Bertz CT molecular complexity index is 676. The number of benzene rings is 1. The average molecular weight is 324 g/mol. The van der Waals surface area contributed by atoms with E-state index in [0.29, 0.717) is 11.5 Å². The molecule has 2 aromatic rings. The van der Waals surface area contributed by atoms with Crippen molar-refractivity contribution in [2.45, 2.75) is 51.5 Å². The monoisotopic (exact) mass is 324 g/mol. The molecule has 1 heterocycles. The molecule has 24 heavy (non-hydrogen) atoms. The van der Waals surface area contributed by atoms with Gasteiger partial charge in [-0.15, -0.1) is 10.2 Å². The normalized spacial score (nSPS) is 15.5. The molecule has 2 N–H and O–H groups in total. The van der Waals surface area contributed by atoms with Gasteiger partial charge in [-0.2, -0.15) is 0 Å². The zero-order chi connectivity index (χ0) is 16.8. The lowest BCUT2D eigenvalue weighted by atomic mass is 10.1. The van der Waals surface area contributed by atoms with E-state index in [0.717, 1.165) is 18.5 Å². The van der Waals surface area contributed by atoms with Crippen LogP contribution in [0.4, 0.5) is 11.5 Å². The number of nitrogens with one attached hydrogen (secondary N) is 2. The highest BCUT2D eigenvalue weighted by molar-refractivity contribution is 5.92. The molecule has 1 fully saturated rings. The molecule has 0 aliphatic heterocycles. The fourth-order valence-corrected chi connectivity index (χ4v) is 3.07. The topological polar surface area (TPSA) is 66.9 Å². The Morgan fingerprint density at radius 1 is 1.04 bits per heavy atom. The highest BCUT2D eigenvalue weighted by atomic mass is 16.2. The quantitative estimate of drug-likeness (QED) is 0.835. The number of amides is 1. The Labute approximate surface area is 142 Å². The first-order chi connectivity index (χ1) is 11.7. The number of aryl methyl sites for hydroxylation is 1. The van der Waals surface area contributed by atoms with E-state index in [2.05, 4.69) is 20.8 Å². The number of hydrogen-bond acceptors (Lipinski definition) is 4. The molecule has 0 atom stereocenters. The van der Waals surface area contributed by atoms with Gasteiger partial charge in [-0.1, -0.05) is 37.8 Å². The lowest BCUT2D eigenvalue weighted by Gasteiger charge is -2.15. The minimum Gasteiger partial charge on any atom is -0.348 e.